The van der Waals surface area contributed by atoms with E-state index in [1.807, 2.05) is 42.5 Å². The summed E-state index contributed by atoms with van der Waals surface area (Å²) in [6.45, 7) is 3.28. The van der Waals surface area contributed by atoms with Crippen molar-refractivity contribution in [3.05, 3.63) is 93.5 Å². The number of halogens is 2. The van der Waals surface area contributed by atoms with Crippen LogP contribution in [0.5, 0.6) is 5.75 Å². The van der Waals surface area contributed by atoms with Crippen LogP contribution in [0.3, 0.4) is 0 Å². The number of Topliss-reactive ketones (excluding diaryl/α,β-unsaturated/α-hetero) is 1. The Kier molecular flexibility index (Phi) is 4.97. The van der Waals surface area contributed by atoms with Crippen molar-refractivity contribution in [2.45, 2.75) is 18.5 Å². The zero-order valence-corrected chi connectivity index (χ0v) is 18.8. The number of nitrogens with zero attached hydrogens (tertiary/aromatic N) is 2. The number of ketones is 1. The minimum atomic E-state index is -0.700. The van der Waals surface area contributed by atoms with Gasteiger partial charge in [-0.15, -0.1) is 0 Å². The minimum Gasteiger partial charge on any atom is -0.497 e. The van der Waals surface area contributed by atoms with Gasteiger partial charge in [-0.1, -0.05) is 47.0 Å². The summed E-state index contributed by atoms with van der Waals surface area (Å²) in [6.07, 6.45) is 0. The van der Waals surface area contributed by atoms with Gasteiger partial charge in [-0.2, -0.15) is 0 Å². The van der Waals surface area contributed by atoms with Gasteiger partial charge in [0.1, 0.15) is 11.3 Å². The Bertz CT molecular complexity index is 1130. The fraction of sp³-hybridized carbons (Fsp3) is 0.240. The van der Waals surface area contributed by atoms with Crippen molar-refractivity contribution in [1.82, 2.24) is 4.90 Å². The number of rotatable bonds is 5. The molecule has 158 valence electrons. The van der Waals surface area contributed by atoms with Gasteiger partial charge < -0.3 is 9.64 Å². The third-order valence-electron chi connectivity index (χ3n) is 6.38. The molecule has 3 aromatic carbocycles. The van der Waals surface area contributed by atoms with E-state index in [9.17, 15) is 4.79 Å². The molecule has 2 heterocycles. The van der Waals surface area contributed by atoms with Crippen molar-refractivity contribution in [2.24, 2.45) is 0 Å². The van der Waals surface area contributed by atoms with Crippen LogP contribution in [0.15, 0.2) is 66.7 Å². The van der Waals surface area contributed by atoms with Crippen LogP contribution in [0, 0.1) is 6.92 Å². The molecule has 3 aromatic rings. The van der Waals surface area contributed by atoms with E-state index in [0.29, 0.717) is 28.8 Å². The third-order valence-corrected chi connectivity index (χ3v) is 7.04. The average molecular weight is 453 g/mol. The van der Waals surface area contributed by atoms with Gasteiger partial charge in [0.15, 0.2) is 5.78 Å². The van der Waals surface area contributed by atoms with Crippen LogP contribution in [0.2, 0.25) is 10.0 Å². The summed E-state index contributed by atoms with van der Waals surface area (Å²) in [6, 6.07) is 21.0. The highest BCUT2D eigenvalue weighted by Gasteiger charge is 2.72. The largest absolute Gasteiger partial charge is 0.497 e. The van der Waals surface area contributed by atoms with E-state index in [1.54, 1.807) is 7.11 Å². The third kappa shape index (κ3) is 3.21. The fourth-order valence-electron chi connectivity index (χ4n) is 4.71. The predicted molar refractivity (Wildman–Crippen MR) is 124 cm³/mol. The molecule has 0 aromatic heterocycles. The molecule has 2 fully saturated rings. The maximum absolute atomic E-state index is 13.9. The first kappa shape index (κ1) is 20.4. The molecule has 2 saturated heterocycles. The van der Waals surface area contributed by atoms with Gasteiger partial charge in [0.25, 0.3) is 0 Å². The lowest BCUT2D eigenvalue weighted by Gasteiger charge is -2.24. The molecule has 0 N–H and O–H groups in total. The smallest absolute Gasteiger partial charge is 0.186 e. The van der Waals surface area contributed by atoms with E-state index in [-0.39, 0.29) is 11.8 Å². The van der Waals surface area contributed by atoms with Crippen LogP contribution in [0.1, 0.15) is 27.5 Å². The first-order valence-electron chi connectivity index (χ1n) is 10.2. The zero-order valence-electron chi connectivity index (χ0n) is 17.3. The number of carbonyl (C=O) groups excluding carboxylic acids is 1. The van der Waals surface area contributed by atoms with Crippen molar-refractivity contribution in [1.29, 1.82) is 0 Å². The number of carbonyl (C=O) groups is 1. The van der Waals surface area contributed by atoms with Gasteiger partial charge in [-0.3, -0.25) is 9.69 Å². The Morgan fingerprint density at radius 1 is 1.00 bits per heavy atom. The molecular weight excluding hydrogens is 431 g/mol. The van der Waals surface area contributed by atoms with Crippen LogP contribution in [-0.2, 0) is 0 Å². The molecule has 6 heteroatoms. The fourth-order valence-corrected chi connectivity index (χ4v) is 5.32. The summed E-state index contributed by atoms with van der Waals surface area (Å²) in [5.41, 5.74) is 3.09. The van der Waals surface area contributed by atoms with Gasteiger partial charge >= 0.3 is 0 Å². The number of benzene rings is 3. The molecule has 0 amide bonds. The molecule has 5 rings (SSSR count). The van der Waals surface area contributed by atoms with Crippen molar-refractivity contribution in [3.63, 3.8) is 0 Å². The summed E-state index contributed by atoms with van der Waals surface area (Å²) < 4.78 is 5.25. The monoisotopic (exact) mass is 452 g/mol. The normalized spacial score (nSPS) is 24.1. The van der Waals surface area contributed by atoms with Gasteiger partial charge in [0.05, 0.1) is 19.8 Å². The number of aryl methyl sites for hydroxylation is 1. The highest BCUT2D eigenvalue weighted by atomic mass is 35.5. The van der Waals surface area contributed by atoms with Gasteiger partial charge in [0.2, 0.25) is 0 Å². The molecule has 4 nitrogen and oxygen atoms in total. The molecule has 0 aliphatic carbocycles. The van der Waals surface area contributed by atoms with E-state index in [1.165, 1.54) is 5.56 Å². The average Bonchev–Trinajstić information content (AvgIpc) is 3.20. The summed E-state index contributed by atoms with van der Waals surface area (Å²) in [5.74, 6) is 0.797. The first-order chi connectivity index (χ1) is 15.0. The highest BCUT2D eigenvalue weighted by molar-refractivity contribution is 6.36. The number of fused-ring (bicyclic) bond motifs is 1. The standard InChI is InChI=1S/C25H22Cl2N2O2/c1-16-6-10-18(11-7-16)28-14-25(24(30)17-8-12-19(31-2)13-9-17)23(29(25)15-28)22-20(26)4-3-5-21(22)27/h3-13,23H,14-15H2,1-2H3/t23-,25-,29?/m0/s1. The molecule has 0 saturated carbocycles. The molecular formula is C25H22Cl2N2O2. The van der Waals surface area contributed by atoms with Crippen LogP contribution < -0.4 is 9.64 Å². The van der Waals surface area contributed by atoms with Crippen molar-refractivity contribution >= 4 is 34.7 Å². The lowest BCUT2D eigenvalue weighted by Crippen LogP contribution is -2.35. The lowest BCUT2D eigenvalue weighted by atomic mass is 9.90. The maximum atomic E-state index is 13.9. The van der Waals surface area contributed by atoms with Crippen LogP contribution >= 0.6 is 23.2 Å². The number of methoxy groups -OCH3 is 1. The Balaban J connectivity index is 1.54. The second kappa shape index (κ2) is 7.56. The van der Waals surface area contributed by atoms with Gasteiger partial charge in [0, 0.05) is 33.4 Å². The Morgan fingerprint density at radius 3 is 2.26 bits per heavy atom. The van der Waals surface area contributed by atoms with Crippen LogP contribution in [0.4, 0.5) is 5.69 Å². The molecule has 0 spiro atoms. The molecule has 1 unspecified atom stereocenters. The van der Waals surface area contributed by atoms with Gasteiger partial charge in [-0.25, -0.2) is 0 Å². The van der Waals surface area contributed by atoms with E-state index in [4.69, 9.17) is 27.9 Å². The summed E-state index contributed by atoms with van der Waals surface area (Å²) >= 11 is 13.1. The second-order valence-corrected chi connectivity index (χ2v) is 8.98. The van der Waals surface area contributed by atoms with Crippen LogP contribution in [0.25, 0.3) is 0 Å². The van der Waals surface area contributed by atoms with Crippen LogP contribution in [-0.4, -0.2) is 36.5 Å². The highest BCUT2D eigenvalue weighted by Crippen LogP contribution is 2.61. The molecule has 31 heavy (non-hydrogen) atoms. The zero-order chi connectivity index (χ0) is 21.8. The number of hydrogen-bond donors (Lipinski definition) is 0. The Hall–Kier alpha value is -2.53. The molecule has 0 radical (unpaired) electrons. The topological polar surface area (TPSA) is 32.5 Å². The summed E-state index contributed by atoms with van der Waals surface area (Å²) in [7, 11) is 1.62. The predicted octanol–water partition coefficient (Wildman–Crippen LogP) is 5.77. The number of hydrogen-bond acceptors (Lipinski definition) is 4. The number of anilines is 1. The molecule has 0 bridgehead atoms. The Morgan fingerprint density at radius 2 is 1.65 bits per heavy atom. The Labute approximate surface area is 191 Å². The first-order valence-corrected chi connectivity index (χ1v) is 10.9. The van der Waals surface area contributed by atoms with Crippen molar-refractivity contribution in [3.8, 4) is 5.75 Å². The second-order valence-electron chi connectivity index (χ2n) is 8.16. The van der Waals surface area contributed by atoms with E-state index >= 15 is 0 Å². The SMILES string of the molecule is COc1ccc(C(=O)[C@@]23CN(c4ccc(C)cc4)CN2[C@H]3c2c(Cl)cccc2Cl)cc1. The van der Waals surface area contributed by atoms with Crippen molar-refractivity contribution < 1.29 is 9.53 Å². The summed E-state index contributed by atoms with van der Waals surface area (Å²) in [4.78, 5) is 18.3. The minimum absolute atomic E-state index is 0.0748. The lowest BCUT2D eigenvalue weighted by molar-refractivity contribution is 0.0933. The van der Waals surface area contributed by atoms with Gasteiger partial charge in [-0.05, 0) is 55.5 Å². The number of ether oxygens (including phenoxy) is 1. The maximum Gasteiger partial charge on any atom is 0.186 e. The van der Waals surface area contributed by atoms with E-state index in [0.717, 1.165) is 17.0 Å². The quantitative estimate of drug-likeness (QED) is 0.363. The van der Waals surface area contributed by atoms with E-state index in [2.05, 4.69) is 41.0 Å². The molecule has 2 aliphatic rings. The summed E-state index contributed by atoms with van der Waals surface area (Å²) in [5, 5.41) is 1.19. The molecule has 3 atom stereocenters. The van der Waals surface area contributed by atoms with Crippen molar-refractivity contribution in [2.75, 3.05) is 25.2 Å². The molecule has 2 aliphatic heterocycles. The van der Waals surface area contributed by atoms with E-state index < -0.39 is 5.54 Å².